The van der Waals surface area contributed by atoms with Gasteiger partial charge in [-0.25, -0.2) is 0 Å². The van der Waals surface area contributed by atoms with Crippen LogP contribution in [-0.4, -0.2) is 266 Å². The fourth-order valence-electron chi connectivity index (χ4n) is 0. The molecule has 0 aromatic rings. The minimum atomic E-state index is 0. The topological polar surface area (TPSA) is 0 Å². The molecular weight excluding hydrogens is 837 g/mol. The van der Waals surface area contributed by atoms with Gasteiger partial charge >= 0.3 is 0 Å². The molecular formula is In5Sr3. The Labute approximate surface area is 256 Å². The average molecular weight is 837 g/mol. The van der Waals surface area contributed by atoms with Gasteiger partial charge in [0.25, 0.3) is 0 Å². The fourth-order valence-corrected chi connectivity index (χ4v) is 0. The van der Waals surface area contributed by atoms with Crippen LogP contribution in [-0.2, 0) is 0 Å². The molecule has 0 rings (SSSR count). The molecule has 0 unspecified atom stereocenters. The second-order valence-electron chi connectivity index (χ2n) is 0. The molecule has 8 heavy (non-hydrogen) atoms. The Morgan fingerprint density at radius 2 is 0.250 bits per heavy atom. The third-order valence-electron chi connectivity index (χ3n) is 0. The summed E-state index contributed by atoms with van der Waals surface area (Å²) in [5.41, 5.74) is 0. The van der Waals surface area contributed by atoms with Crippen molar-refractivity contribution in [1.29, 1.82) is 0 Å². The summed E-state index contributed by atoms with van der Waals surface area (Å²) in [6.45, 7) is 0. The van der Waals surface area contributed by atoms with Gasteiger partial charge in [0.1, 0.15) is 0 Å². The van der Waals surface area contributed by atoms with Crippen molar-refractivity contribution in [2.24, 2.45) is 0 Å². The monoisotopic (exact) mass is 838 g/mol. The van der Waals surface area contributed by atoms with Gasteiger partial charge in [-0.3, -0.25) is 0 Å². The van der Waals surface area contributed by atoms with Crippen LogP contribution in [0.3, 0.4) is 0 Å². The van der Waals surface area contributed by atoms with Crippen molar-refractivity contribution in [2.45, 2.75) is 0 Å². The van der Waals surface area contributed by atoms with Crippen LogP contribution in [0.25, 0.3) is 0 Å². The van der Waals surface area contributed by atoms with Crippen molar-refractivity contribution in [2.75, 3.05) is 0 Å². The molecule has 0 aromatic heterocycles. The van der Waals surface area contributed by atoms with Crippen molar-refractivity contribution >= 4 is 266 Å². The zero-order valence-corrected chi connectivity index (χ0v) is 31.9. The second-order valence-corrected chi connectivity index (χ2v) is 0. The average Bonchev–Trinajstić information content (AvgIpc) is 0. The molecule has 0 fully saturated rings. The van der Waals surface area contributed by atoms with Crippen LogP contribution in [0.5, 0.6) is 0 Å². The summed E-state index contributed by atoms with van der Waals surface area (Å²) in [7, 11) is 0. The number of hydrogen-bond acceptors (Lipinski definition) is 0. The summed E-state index contributed by atoms with van der Waals surface area (Å²) < 4.78 is 0. The Bertz CT molecular complexity index is 7.64. The molecule has 0 aliphatic carbocycles. The molecule has 0 aliphatic rings. The molecule has 0 atom stereocenters. The van der Waals surface area contributed by atoms with Crippen molar-refractivity contribution < 1.29 is 0 Å². The smallest absolute Gasteiger partial charge is 0 e. The quantitative estimate of drug-likeness (QED) is 0.228. The molecule has 0 amide bonds. The van der Waals surface area contributed by atoms with E-state index in [2.05, 4.69) is 0 Å². The molecule has 21 valence electrons. The van der Waals surface area contributed by atoms with Crippen molar-refractivity contribution in [3.63, 3.8) is 0 Å². The number of rotatable bonds is 0. The predicted molar refractivity (Wildman–Crippen MR) is 46.0 cm³/mol. The fraction of sp³-hybridized carbons (Fsp3) is 0. The van der Waals surface area contributed by atoms with Crippen LogP contribution >= 0.6 is 0 Å². The van der Waals surface area contributed by atoms with Gasteiger partial charge in [0, 0.05) is 266 Å². The van der Waals surface area contributed by atoms with E-state index in [1.54, 1.807) is 0 Å². The Morgan fingerprint density at radius 1 is 0.250 bits per heavy atom. The molecule has 0 N–H and O–H groups in total. The van der Waals surface area contributed by atoms with E-state index in [1.807, 2.05) is 0 Å². The first-order valence-corrected chi connectivity index (χ1v) is 0. The van der Waals surface area contributed by atoms with E-state index in [-0.39, 0.29) is 266 Å². The van der Waals surface area contributed by atoms with Gasteiger partial charge in [-0.05, 0) is 0 Å². The first-order valence-electron chi connectivity index (χ1n) is 0. The Kier molecular flexibility index (Phi) is 303. The molecule has 8 heteroatoms. The molecule has 0 saturated heterocycles. The summed E-state index contributed by atoms with van der Waals surface area (Å²) in [5, 5.41) is 0. The van der Waals surface area contributed by atoms with Crippen LogP contribution in [0.2, 0.25) is 0 Å². The van der Waals surface area contributed by atoms with E-state index in [0.29, 0.717) is 0 Å². The van der Waals surface area contributed by atoms with Gasteiger partial charge in [0.15, 0.2) is 0 Å². The van der Waals surface area contributed by atoms with Gasteiger partial charge in [-0.2, -0.15) is 0 Å². The Morgan fingerprint density at radius 3 is 0.250 bits per heavy atom. The maximum absolute atomic E-state index is 0. The van der Waals surface area contributed by atoms with Crippen molar-refractivity contribution in [3.8, 4) is 0 Å². The summed E-state index contributed by atoms with van der Waals surface area (Å²) in [5.74, 6) is 0. The minimum Gasteiger partial charge on any atom is 0 e. The van der Waals surface area contributed by atoms with E-state index in [1.165, 1.54) is 0 Å². The van der Waals surface area contributed by atoms with Gasteiger partial charge in [-0.1, -0.05) is 0 Å². The van der Waals surface area contributed by atoms with Gasteiger partial charge in [0.2, 0.25) is 0 Å². The van der Waals surface area contributed by atoms with E-state index in [0.717, 1.165) is 0 Å². The van der Waals surface area contributed by atoms with Crippen LogP contribution in [0.1, 0.15) is 0 Å². The van der Waals surface area contributed by atoms with Crippen molar-refractivity contribution in [1.82, 2.24) is 0 Å². The zero-order valence-electron chi connectivity index (χ0n) is 5.01. The standard InChI is InChI=1S/5In.3Sr. The SMILES string of the molecule is [In].[In].[In].[In].[In].[Sr].[Sr].[Sr]. The summed E-state index contributed by atoms with van der Waals surface area (Å²) in [6.07, 6.45) is 0. The third kappa shape index (κ3) is 36.4. The van der Waals surface area contributed by atoms with Crippen LogP contribution in [0, 0.1) is 0 Å². The zero-order chi connectivity index (χ0) is 0. The first-order chi connectivity index (χ1) is 0. The summed E-state index contributed by atoms with van der Waals surface area (Å²) >= 11 is 0. The second kappa shape index (κ2) is 44.7. The van der Waals surface area contributed by atoms with Gasteiger partial charge in [0.05, 0.1) is 0 Å². The predicted octanol–water partition coefficient (Wildman–Crippen LogP) is -3.05. The molecule has 0 nitrogen and oxygen atoms in total. The minimum absolute atomic E-state index is 0. The third-order valence-corrected chi connectivity index (χ3v) is 0. The Balaban J connectivity index is 0. The van der Waals surface area contributed by atoms with Crippen molar-refractivity contribution in [3.05, 3.63) is 0 Å². The van der Waals surface area contributed by atoms with E-state index in [9.17, 15) is 0 Å². The maximum Gasteiger partial charge on any atom is 0 e. The van der Waals surface area contributed by atoms with E-state index >= 15 is 0 Å². The molecule has 0 aromatic carbocycles. The summed E-state index contributed by atoms with van der Waals surface area (Å²) in [6, 6.07) is 0. The van der Waals surface area contributed by atoms with Gasteiger partial charge < -0.3 is 0 Å². The first kappa shape index (κ1) is 54.2. The van der Waals surface area contributed by atoms with E-state index < -0.39 is 0 Å². The van der Waals surface area contributed by atoms with E-state index in [4.69, 9.17) is 0 Å². The molecule has 0 saturated carbocycles. The van der Waals surface area contributed by atoms with Crippen LogP contribution < -0.4 is 0 Å². The normalized spacial score (nSPS) is 0. The molecule has 0 heterocycles. The molecule has 21 radical (unpaired) electrons. The Hall–Kier alpha value is 8.79. The number of hydrogen-bond donors (Lipinski definition) is 0. The maximum atomic E-state index is 0. The van der Waals surface area contributed by atoms with Crippen LogP contribution in [0.4, 0.5) is 0 Å². The largest absolute Gasteiger partial charge is 0 e. The molecule has 0 spiro atoms. The van der Waals surface area contributed by atoms with Gasteiger partial charge in [-0.15, -0.1) is 0 Å². The van der Waals surface area contributed by atoms with Crippen LogP contribution in [0.15, 0.2) is 0 Å². The molecule has 0 bridgehead atoms. The molecule has 0 aliphatic heterocycles. The summed E-state index contributed by atoms with van der Waals surface area (Å²) in [4.78, 5) is 0.